The molecule has 1 amide bonds. The third-order valence-electron chi connectivity index (χ3n) is 3.05. The van der Waals surface area contributed by atoms with E-state index < -0.39 is 0 Å². The standard InChI is InChI=1S/C11H19N5O2/c1-15-4-6-16(7-5-15)11(17)8-12-3-2-10-13-9-14-18-10/h9,12H,2-8H2,1H3. The molecule has 0 aliphatic carbocycles. The molecule has 1 aliphatic heterocycles. The number of nitrogens with one attached hydrogen (secondary N) is 1. The van der Waals surface area contributed by atoms with Crippen LogP contribution in [0.1, 0.15) is 5.89 Å². The Morgan fingerprint density at radius 3 is 2.89 bits per heavy atom. The first-order valence-corrected chi connectivity index (χ1v) is 6.18. The van der Waals surface area contributed by atoms with Gasteiger partial charge in [-0.1, -0.05) is 5.16 Å². The van der Waals surface area contributed by atoms with Gasteiger partial charge in [-0.05, 0) is 7.05 Å². The molecule has 1 saturated heterocycles. The lowest BCUT2D eigenvalue weighted by atomic mass is 10.3. The van der Waals surface area contributed by atoms with Crippen molar-refractivity contribution in [2.24, 2.45) is 0 Å². The van der Waals surface area contributed by atoms with E-state index in [1.807, 2.05) is 4.90 Å². The zero-order chi connectivity index (χ0) is 12.8. The van der Waals surface area contributed by atoms with Crippen LogP contribution in [0.25, 0.3) is 0 Å². The van der Waals surface area contributed by atoms with E-state index in [2.05, 4.69) is 27.4 Å². The van der Waals surface area contributed by atoms with Gasteiger partial charge in [0.05, 0.1) is 6.54 Å². The fourth-order valence-electron chi connectivity index (χ4n) is 1.86. The molecular formula is C11H19N5O2. The first kappa shape index (κ1) is 13.0. The van der Waals surface area contributed by atoms with Gasteiger partial charge in [-0.25, -0.2) is 0 Å². The Kier molecular flexibility index (Phi) is 4.66. The lowest BCUT2D eigenvalue weighted by molar-refractivity contribution is -0.131. The number of nitrogens with zero attached hydrogens (tertiary/aromatic N) is 4. The number of hydrogen-bond donors (Lipinski definition) is 1. The number of rotatable bonds is 5. The summed E-state index contributed by atoms with van der Waals surface area (Å²) in [5.41, 5.74) is 0. The van der Waals surface area contributed by atoms with E-state index in [0.29, 0.717) is 25.4 Å². The summed E-state index contributed by atoms with van der Waals surface area (Å²) in [5.74, 6) is 0.753. The Labute approximate surface area is 106 Å². The van der Waals surface area contributed by atoms with Gasteiger partial charge in [0.25, 0.3) is 0 Å². The van der Waals surface area contributed by atoms with Crippen molar-refractivity contribution in [3.63, 3.8) is 0 Å². The second kappa shape index (κ2) is 6.46. The SMILES string of the molecule is CN1CCN(C(=O)CNCCc2ncno2)CC1. The Bertz CT molecular complexity index is 360. The molecule has 7 heteroatoms. The molecule has 0 atom stereocenters. The number of carbonyl (C=O) groups excluding carboxylic acids is 1. The van der Waals surface area contributed by atoms with Crippen LogP contribution in [0.5, 0.6) is 0 Å². The van der Waals surface area contributed by atoms with Gasteiger partial charge in [0, 0.05) is 39.1 Å². The van der Waals surface area contributed by atoms with Gasteiger partial charge in [-0.2, -0.15) is 4.98 Å². The van der Waals surface area contributed by atoms with Crippen molar-refractivity contribution in [3.8, 4) is 0 Å². The van der Waals surface area contributed by atoms with Crippen LogP contribution in [0.3, 0.4) is 0 Å². The van der Waals surface area contributed by atoms with Crippen LogP contribution in [-0.2, 0) is 11.2 Å². The largest absolute Gasteiger partial charge is 0.340 e. The van der Waals surface area contributed by atoms with E-state index >= 15 is 0 Å². The Hall–Kier alpha value is -1.47. The van der Waals surface area contributed by atoms with Crippen LogP contribution in [0.4, 0.5) is 0 Å². The number of carbonyl (C=O) groups is 1. The highest BCUT2D eigenvalue weighted by Crippen LogP contribution is 1.99. The summed E-state index contributed by atoms with van der Waals surface area (Å²) in [4.78, 5) is 19.9. The van der Waals surface area contributed by atoms with Crippen LogP contribution in [0.2, 0.25) is 0 Å². The topological polar surface area (TPSA) is 74.5 Å². The van der Waals surface area contributed by atoms with Crippen LogP contribution in [-0.4, -0.2) is 72.2 Å². The molecule has 2 rings (SSSR count). The van der Waals surface area contributed by atoms with Crippen LogP contribution >= 0.6 is 0 Å². The molecule has 0 aromatic carbocycles. The average molecular weight is 253 g/mol. The monoisotopic (exact) mass is 253 g/mol. The molecular weight excluding hydrogens is 234 g/mol. The molecule has 0 unspecified atom stereocenters. The smallest absolute Gasteiger partial charge is 0.236 e. The predicted molar refractivity (Wildman–Crippen MR) is 64.9 cm³/mol. The molecule has 0 spiro atoms. The Morgan fingerprint density at radius 2 is 2.22 bits per heavy atom. The summed E-state index contributed by atoms with van der Waals surface area (Å²) >= 11 is 0. The van der Waals surface area contributed by atoms with E-state index in [4.69, 9.17) is 4.52 Å². The highest BCUT2D eigenvalue weighted by atomic mass is 16.5. The molecule has 0 saturated carbocycles. The summed E-state index contributed by atoms with van der Waals surface area (Å²) in [7, 11) is 2.07. The Balaban J connectivity index is 1.60. The molecule has 1 fully saturated rings. The minimum Gasteiger partial charge on any atom is -0.340 e. The van der Waals surface area contributed by atoms with Gasteiger partial charge in [-0.15, -0.1) is 0 Å². The quantitative estimate of drug-likeness (QED) is 0.677. The zero-order valence-electron chi connectivity index (χ0n) is 10.6. The van der Waals surface area contributed by atoms with Crippen molar-refractivity contribution in [2.75, 3.05) is 46.3 Å². The van der Waals surface area contributed by atoms with Gasteiger partial charge >= 0.3 is 0 Å². The molecule has 18 heavy (non-hydrogen) atoms. The molecule has 1 aliphatic rings. The number of likely N-dealkylation sites (N-methyl/N-ethyl adjacent to an activating group) is 1. The summed E-state index contributed by atoms with van der Waals surface area (Å²) in [6, 6.07) is 0. The fraction of sp³-hybridized carbons (Fsp3) is 0.727. The first-order valence-electron chi connectivity index (χ1n) is 6.18. The lowest BCUT2D eigenvalue weighted by Crippen LogP contribution is -2.49. The summed E-state index contributed by atoms with van der Waals surface area (Å²) in [6.07, 6.45) is 2.03. The van der Waals surface area contributed by atoms with E-state index in [1.54, 1.807) is 0 Å². The number of aromatic nitrogens is 2. The van der Waals surface area contributed by atoms with Crippen molar-refractivity contribution in [1.82, 2.24) is 25.3 Å². The minimum atomic E-state index is 0.161. The van der Waals surface area contributed by atoms with Gasteiger partial charge in [0.2, 0.25) is 11.8 Å². The van der Waals surface area contributed by atoms with Crippen LogP contribution < -0.4 is 5.32 Å². The van der Waals surface area contributed by atoms with Gasteiger partial charge in [-0.3, -0.25) is 4.79 Å². The number of piperazine rings is 1. The number of amides is 1. The molecule has 1 aromatic heterocycles. The van der Waals surface area contributed by atoms with E-state index in [1.165, 1.54) is 6.33 Å². The number of hydrogen-bond acceptors (Lipinski definition) is 6. The first-order chi connectivity index (χ1) is 8.75. The molecule has 0 radical (unpaired) electrons. The summed E-state index contributed by atoms with van der Waals surface area (Å²) < 4.78 is 4.87. The molecule has 1 aromatic rings. The highest BCUT2D eigenvalue weighted by Gasteiger charge is 2.18. The third-order valence-corrected chi connectivity index (χ3v) is 3.05. The van der Waals surface area contributed by atoms with Gasteiger partial charge < -0.3 is 19.6 Å². The van der Waals surface area contributed by atoms with Crippen molar-refractivity contribution in [2.45, 2.75) is 6.42 Å². The molecule has 0 bridgehead atoms. The highest BCUT2D eigenvalue weighted by molar-refractivity contribution is 5.78. The molecule has 2 heterocycles. The average Bonchev–Trinajstić information content (AvgIpc) is 2.88. The van der Waals surface area contributed by atoms with Crippen molar-refractivity contribution in [3.05, 3.63) is 12.2 Å². The molecule has 100 valence electrons. The second-order valence-corrected chi connectivity index (χ2v) is 4.45. The predicted octanol–water partition coefficient (Wildman–Crippen LogP) is -1.02. The van der Waals surface area contributed by atoms with Gasteiger partial charge in [0.15, 0.2) is 6.33 Å². The normalized spacial score (nSPS) is 17.1. The fourth-order valence-corrected chi connectivity index (χ4v) is 1.86. The maximum absolute atomic E-state index is 11.9. The molecule has 7 nitrogen and oxygen atoms in total. The third kappa shape index (κ3) is 3.78. The maximum Gasteiger partial charge on any atom is 0.236 e. The lowest BCUT2D eigenvalue weighted by Gasteiger charge is -2.32. The van der Waals surface area contributed by atoms with E-state index in [9.17, 15) is 4.79 Å². The molecule has 1 N–H and O–H groups in total. The minimum absolute atomic E-state index is 0.161. The van der Waals surface area contributed by atoms with E-state index in [-0.39, 0.29) is 5.91 Å². The second-order valence-electron chi connectivity index (χ2n) is 4.45. The van der Waals surface area contributed by atoms with E-state index in [0.717, 1.165) is 26.2 Å². The zero-order valence-corrected chi connectivity index (χ0v) is 10.6. The van der Waals surface area contributed by atoms with Crippen LogP contribution in [0, 0.1) is 0 Å². The van der Waals surface area contributed by atoms with Gasteiger partial charge in [0.1, 0.15) is 0 Å². The summed E-state index contributed by atoms with van der Waals surface area (Å²) in [6.45, 7) is 4.59. The van der Waals surface area contributed by atoms with Crippen molar-refractivity contribution >= 4 is 5.91 Å². The summed E-state index contributed by atoms with van der Waals surface area (Å²) in [5, 5.41) is 6.62. The maximum atomic E-state index is 11.9. The van der Waals surface area contributed by atoms with Crippen LogP contribution in [0.15, 0.2) is 10.9 Å². The van der Waals surface area contributed by atoms with Crippen molar-refractivity contribution < 1.29 is 9.32 Å². The Morgan fingerprint density at radius 1 is 1.44 bits per heavy atom. The van der Waals surface area contributed by atoms with Crippen molar-refractivity contribution in [1.29, 1.82) is 0 Å².